The second-order valence-corrected chi connectivity index (χ2v) is 7.09. The second kappa shape index (κ2) is 6.26. The van der Waals surface area contributed by atoms with Gasteiger partial charge in [-0.3, -0.25) is 0 Å². The molecule has 20 heavy (non-hydrogen) atoms. The highest BCUT2D eigenvalue weighted by Crippen LogP contribution is 2.37. The van der Waals surface area contributed by atoms with Gasteiger partial charge >= 0.3 is 0 Å². The maximum absolute atomic E-state index is 12.2. The van der Waals surface area contributed by atoms with Gasteiger partial charge in [0.15, 0.2) is 0 Å². The number of nitrogens with one attached hydrogen (secondary N) is 1. The summed E-state index contributed by atoms with van der Waals surface area (Å²) >= 11 is 0. The van der Waals surface area contributed by atoms with E-state index in [1.54, 1.807) is 12.3 Å². The van der Waals surface area contributed by atoms with Crippen molar-refractivity contribution in [2.45, 2.75) is 50.3 Å². The van der Waals surface area contributed by atoms with Gasteiger partial charge in [-0.25, -0.2) is 13.1 Å². The number of aromatic nitrogens is 1. The second-order valence-electron chi connectivity index (χ2n) is 5.33. The maximum atomic E-state index is 12.2. The Morgan fingerprint density at radius 2 is 2.20 bits per heavy atom. The van der Waals surface area contributed by atoms with Gasteiger partial charge in [-0.2, -0.15) is 0 Å². The Morgan fingerprint density at radius 1 is 1.50 bits per heavy atom. The lowest BCUT2D eigenvalue weighted by atomic mass is 10.4. The van der Waals surface area contributed by atoms with E-state index in [0.717, 1.165) is 18.5 Å². The van der Waals surface area contributed by atoms with Gasteiger partial charge in [-0.15, -0.1) is 0 Å². The van der Waals surface area contributed by atoms with Crippen LogP contribution in [0.25, 0.3) is 0 Å². The molecule has 0 amide bonds. The molecule has 1 heterocycles. The molecule has 0 saturated heterocycles. The monoisotopic (exact) mass is 301 g/mol. The molecule has 0 unspecified atom stereocenters. The normalized spacial score (nSPS) is 16.0. The van der Waals surface area contributed by atoms with Gasteiger partial charge in [0.1, 0.15) is 0 Å². The molecule has 0 aliphatic heterocycles. The average Bonchev–Trinajstić information content (AvgIpc) is 3.13. The fourth-order valence-electron chi connectivity index (χ4n) is 2.05. The van der Waals surface area contributed by atoms with E-state index >= 15 is 0 Å². The Hall–Kier alpha value is -0.890. The number of nitrogens with zero attached hydrogens (tertiary/aromatic N) is 1. The lowest BCUT2D eigenvalue weighted by Crippen LogP contribution is -2.28. The van der Waals surface area contributed by atoms with E-state index in [2.05, 4.69) is 4.72 Å². The van der Waals surface area contributed by atoms with Crippen LogP contribution in [0.1, 0.15) is 38.4 Å². The van der Waals surface area contributed by atoms with Gasteiger partial charge in [-0.05, 0) is 32.8 Å². The number of nitrogens with two attached hydrogens (primary N) is 1. The van der Waals surface area contributed by atoms with Crippen molar-refractivity contribution in [1.82, 2.24) is 9.29 Å². The van der Waals surface area contributed by atoms with Crippen molar-refractivity contribution in [3.63, 3.8) is 0 Å². The molecule has 6 nitrogen and oxygen atoms in total. The molecule has 1 saturated carbocycles. The van der Waals surface area contributed by atoms with Crippen LogP contribution in [-0.2, 0) is 21.3 Å². The summed E-state index contributed by atoms with van der Waals surface area (Å²) in [5.74, 6) is 0. The Bertz CT molecular complexity index is 547. The molecular weight excluding hydrogens is 278 g/mol. The van der Waals surface area contributed by atoms with E-state index in [-0.39, 0.29) is 17.5 Å². The lowest BCUT2D eigenvalue weighted by Gasteiger charge is -2.08. The number of rotatable bonds is 8. The Balaban J connectivity index is 2.01. The van der Waals surface area contributed by atoms with Crippen LogP contribution in [0.4, 0.5) is 0 Å². The molecule has 1 aliphatic carbocycles. The summed E-state index contributed by atoms with van der Waals surface area (Å²) in [5.41, 5.74) is 6.54. The quantitative estimate of drug-likeness (QED) is 0.701. The molecule has 0 bridgehead atoms. The molecule has 0 radical (unpaired) electrons. The molecule has 1 aromatic rings. The first-order valence-electron chi connectivity index (χ1n) is 6.96. The molecule has 1 aromatic heterocycles. The number of hydrogen-bond donors (Lipinski definition) is 2. The number of ether oxygens (including phenoxy) is 1. The van der Waals surface area contributed by atoms with E-state index in [1.165, 1.54) is 0 Å². The van der Waals surface area contributed by atoms with Gasteiger partial charge in [0.25, 0.3) is 0 Å². The highest BCUT2D eigenvalue weighted by molar-refractivity contribution is 7.89. The van der Waals surface area contributed by atoms with Crippen molar-refractivity contribution in [3.05, 3.63) is 18.0 Å². The minimum Gasteiger partial charge on any atom is -0.377 e. The van der Waals surface area contributed by atoms with E-state index < -0.39 is 10.0 Å². The van der Waals surface area contributed by atoms with Crippen LogP contribution in [0.15, 0.2) is 17.2 Å². The van der Waals surface area contributed by atoms with Crippen LogP contribution in [0, 0.1) is 0 Å². The molecule has 0 aromatic carbocycles. The number of sulfonamides is 1. The molecule has 0 atom stereocenters. The molecular formula is C13H23N3O3S. The van der Waals surface area contributed by atoms with Crippen LogP contribution in [0.5, 0.6) is 0 Å². The van der Waals surface area contributed by atoms with E-state index in [4.69, 9.17) is 10.5 Å². The van der Waals surface area contributed by atoms with E-state index in [1.807, 2.05) is 18.4 Å². The SMILES string of the molecule is CC(C)OCCNS(=O)(=O)c1cc(CN)n(C2CC2)c1. The third kappa shape index (κ3) is 3.82. The summed E-state index contributed by atoms with van der Waals surface area (Å²) in [4.78, 5) is 0.286. The topological polar surface area (TPSA) is 86.3 Å². The van der Waals surface area contributed by atoms with Crippen molar-refractivity contribution in [1.29, 1.82) is 0 Å². The fraction of sp³-hybridized carbons (Fsp3) is 0.692. The highest BCUT2D eigenvalue weighted by atomic mass is 32.2. The zero-order valence-corrected chi connectivity index (χ0v) is 12.8. The molecule has 3 N–H and O–H groups in total. The summed E-state index contributed by atoms with van der Waals surface area (Å²) in [6.07, 6.45) is 3.97. The lowest BCUT2D eigenvalue weighted by molar-refractivity contribution is 0.0834. The molecule has 1 aliphatic rings. The van der Waals surface area contributed by atoms with Crippen LogP contribution in [0.2, 0.25) is 0 Å². The Labute approximate surface area is 120 Å². The highest BCUT2D eigenvalue weighted by Gasteiger charge is 2.27. The zero-order valence-electron chi connectivity index (χ0n) is 12.0. The van der Waals surface area contributed by atoms with E-state index in [0.29, 0.717) is 19.2 Å². The first kappa shape index (κ1) is 15.5. The van der Waals surface area contributed by atoms with Crippen LogP contribution < -0.4 is 10.5 Å². The smallest absolute Gasteiger partial charge is 0.242 e. The Morgan fingerprint density at radius 3 is 2.75 bits per heavy atom. The van der Waals surface area contributed by atoms with Gasteiger partial charge in [-0.1, -0.05) is 0 Å². The van der Waals surface area contributed by atoms with Crippen molar-refractivity contribution in [3.8, 4) is 0 Å². The maximum Gasteiger partial charge on any atom is 0.242 e. The van der Waals surface area contributed by atoms with Crippen molar-refractivity contribution >= 4 is 10.0 Å². The van der Waals surface area contributed by atoms with Gasteiger partial charge in [0.2, 0.25) is 10.0 Å². The molecule has 2 rings (SSSR count). The molecule has 114 valence electrons. The third-order valence-electron chi connectivity index (χ3n) is 3.21. The van der Waals surface area contributed by atoms with E-state index in [9.17, 15) is 8.42 Å². The third-order valence-corrected chi connectivity index (χ3v) is 4.64. The van der Waals surface area contributed by atoms with Crippen molar-refractivity contribution < 1.29 is 13.2 Å². The standard InChI is InChI=1S/C13H23N3O3S/c1-10(2)19-6-5-15-20(17,18)13-7-12(8-14)16(9-13)11-3-4-11/h7,9-11,15H,3-6,8,14H2,1-2H3. The van der Waals surface area contributed by atoms with Gasteiger partial charge in [0.05, 0.1) is 17.6 Å². The molecule has 0 spiro atoms. The van der Waals surface area contributed by atoms with Crippen LogP contribution >= 0.6 is 0 Å². The van der Waals surface area contributed by atoms with Gasteiger partial charge in [0, 0.05) is 31.0 Å². The first-order valence-corrected chi connectivity index (χ1v) is 8.44. The Kier molecular flexibility index (Phi) is 4.85. The summed E-state index contributed by atoms with van der Waals surface area (Å²) < 4.78 is 34.2. The largest absolute Gasteiger partial charge is 0.377 e. The van der Waals surface area contributed by atoms with Crippen LogP contribution in [0.3, 0.4) is 0 Å². The van der Waals surface area contributed by atoms with Crippen molar-refractivity contribution in [2.75, 3.05) is 13.2 Å². The number of hydrogen-bond acceptors (Lipinski definition) is 4. The summed E-state index contributed by atoms with van der Waals surface area (Å²) in [6.45, 7) is 4.81. The zero-order chi connectivity index (χ0) is 14.8. The first-order chi connectivity index (χ1) is 9.44. The predicted molar refractivity (Wildman–Crippen MR) is 76.9 cm³/mol. The summed E-state index contributed by atoms with van der Waals surface area (Å²) in [5, 5.41) is 0. The van der Waals surface area contributed by atoms with Gasteiger partial charge < -0.3 is 15.0 Å². The molecule has 7 heteroatoms. The predicted octanol–water partition coefficient (Wildman–Crippen LogP) is 0.985. The average molecular weight is 301 g/mol. The van der Waals surface area contributed by atoms with Crippen molar-refractivity contribution in [2.24, 2.45) is 5.73 Å². The molecule has 1 fully saturated rings. The minimum atomic E-state index is -3.48. The van der Waals surface area contributed by atoms with Crippen LogP contribution in [-0.4, -0.2) is 32.2 Å². The summed E-state index contributed by atoms with van der Waals surface area (Å²) in [6, 6.07) is 2.08. The summed E-state index contributed by atoms with van der Waals surface area (Å²) in [7, 11) is -3.48. The minimum absolute atomic E-state index is 0.0966. The fourth-order valence-corrected chi connectivity index (χ4v) is 3.12.